The van der Waals surface area contributed by atoms with Crippen LogP contribution in [0.25, 0.3) is 22.4 Å². The Bertz CT molecular complexity index is 1290. The lowest BCUT2D eigenvalue weighted by Gasteiger charge is -2.31. The van der Waals surface area contributed by atoms with Crippen LogP contribution in [0, 0.1) is 20.8 Å². The van der Waals surface area contributed by atoms with Gasteiger partial charge in [-0.05, 0) is 49.6 Å². The summed E-state index contributed by atoms with van der Waals surface area (Å²) in [5.74, 6) is 0.944. The molecule has 2 aromatic carbocycles. The predicted octanol–water partition coefficient (Wildman–Crippen LogP) is 4.55. The molecule has 2 aromatic heterocycles. The Morgan fingerprint density at radius 2 is 1.94 bits per heavy atom. The highest BCUT2D eigenvalue weighted by atomic mass is 16.5. The second-order valence-electron chi connectivity index (χ2n) is 8.34. The van der Waals surface area contributed by atoms with Crippen molar-refractivity contribution in [1.29, 1.82) is 0 Å². The maximum absolute atomic E-state index is 13.1. The van der Waals surface area contributed by atoms with Crippen molar-refractivity contribution in [3.05, 3.63) is 70.8 Å². The van der Waals surface area contributed by atoms with E-state index in [1.807, 2.05) is 37.3 Å². The van der Waals surface area contributed by atoms with Gasteiger partial charge in [-0.2, -0.15) is 4.98 Å². The third kappa shape index (κ3) is 3.80. The maximum atomic E-state index is 13.1. The van der Waals surface area contributed by atoms with Crippen molar-refractivity contribution in [2.24, 2.45) is 0 Å². The number of amides is 1. The number of nitrogens with zero attached hydrogens (tertiary/aromatic N) is 3. The Kier molecular flexibility index (Phi) is 5.27. The molecule has 1 amide bonds. The number of rotatable bonds is 4. The summed E-state index contributed by atoms with van der Waals surface area (Å²) in [6.07, 6.45) is 1.52. The van der Waals surface area contributed by atoms with Gasteiger partial charge in [-0.1, -0.05) is 29.4 Å². The third-order valence-corrected chi connectivity index (χ3v) is 6.13. The van der Waals surface area contributed by atoms with Gasteiger partial charge >= 0.3 is 0 Å². The number of aromatic nitrogens is 2. The van der Waals surface area contributed by atoms with Crippen molar-refractivity contribution >= 4 is 16.9 Å². The molecule has 0 unspecified atom stereocenters. The van der Waals surface area contributed by atoms with Crippen LogP contribution in [0.1, 0.15) is 34.2 Å². The highest BCUT2D eigenvalue weighted by Crippen LogP contribution is 2.28. The second kappa shape index (κ2) is 8.24. The number of benzene rings is 2. The topological polar surface area (TPSA) is 81.6 Å². The zero-order valence-electron chi connectivity index (χ0n) is 18.4. The molecule has 4 aromatic rings. The Labute approximate surface area is 186 Å². The quantitative estimate of drug-likeness (QED) is 0.471. The van der Waals surface area contributed by atoms with Gasteiger partial charge in [-0.15, -0.1) is 0 Å². The number of hydrogen-bond acceptors (Lipinski definition) is 6. The van der Waals surface area contributed by atoms with E-state index >= 15 is 0 Å². The molecule has 32 heavy (non-hydrogen) atoms. The summed E-state index contributed by atoms with van der Waals surface area (Å²) in [5, 5.41) is 5.11. The number of morpholine rings is 1. The second-order valence-corrected chi connectivity index (χ2v) is 8.34. The molecule has 3 heterocycles. The molecular weight excluding hydrogens is 406 g/mol. The maximum Gasteiger partial charge on any atom is 0.257 e. The minimum Gasteiger partial charge on any atom is -0.464 e. The van der Waals surface area contributed by atoms with Crippen LogP contribution in [0.4, 0.5) is 0 Å². The molecule has 0 radical (unpaired) electrons. The molecule has 0 N–H and O–H groups in total. The lowest BCUT2D eigenvalue weighted by molar-refractivity contribution is -0.139. The molecule has 1 fully saturated rings. The number of carbonyl (C=O) groups is 1. The van der Waals surface area contributed by atoms with E-state index in [2.05, 4.69) is 30.1 Å². The van der Waals surface area contributed by atoms with E-state index in [4.69, 9.17) is 13.7 Å². The number of carbonyl (C=O) groups excluding carboxylic acids is 1. The van der Waals surface area contributed by atoms with Crippen LogP contribution in [0.2, 0.25) is 0 Å². The molecule has 1 saturated heterocycles. The first-order valence-electron chi connectivity index (χ1n) is 10.8. The summed E-state index contributed by atoms with van der Waals surface area (Å²) in [6, 6.07) is 12.0. The van der Waals surface area contributed by atoms with Crippen molar-refractivity contribution in [3.8, 4) is 11.4 Å². The zero-order valence-corrected chi connectivity index (χ0v) is 18.4. The molecule has 7 heteroatoms. The normalized spacial score (nSPS) is 16.6. The van der Waals surface area contributed by atoms with Crippen LogP contribution in [0.3, 0.4) is 0 Å². The first-order chi connectivity index (χ1) is 15.5. The smallest absolute Gasteiger partial charge is 0.257 e. The van der Waals surface area contributed by atoms with Crippen molar-refractivity contribution in [3.63, 3.8) is 0 Å². The van der Waals surface area contributed by atoms with Gasteiger partial charge in [0.05, 0.1) is 25.8 Å². The fraction of sp³-hybridized carbons (Fsp3) is 0.320. The van der Waals surface area contributed by atoms with Gasteiger partial charge < -0.3 is 18.6 Å². The monoisotopic (exact) mass is 431 g/mol. The lowest BCUT2D eigenvalue weighted by Crippen LogP contribution is -2.43. The highest BCUT2D eigenvalue weighted by molar-refractivity contribution is 5.88. The minimum atomic E-state index is -0.441. The fourth-order valence-electron chi connectivity index (χ4n) is 4.07. The van der Waals surface area contributed by atoms with Crippen molar-refractivity contribution in [2.45, 2.75) is 33.3 Å². The summed E-state index contributed by atoms with van der Waals surface area (Å²) in [4.78, 5) is 19.4. The Hall–Kier alpha value is -3.45. The molecule has 7 nitrogen and oxygen atoms in total. The van der Waals surface area contributed by atoms with Crippen LogP contribution in [-0.4, -0.2) is 40.6 Å². The molecule has 0 bridgehead atoms. The van der Waals surface area contributed by atoms with Gasteiger partial charge in [0.1, 0.15) is 5.58 Å². The number of fused-ring (bicyclic) bond motifs is 1. The van der Waals surface area contributed by atoms with Crippen molar-refractivity contribution in [2.75, 3.05) is 19.7 Å². The summed E-state index contributed by atoms with van der Waals surface area (Å²) < 4.78 is 17.0. The van der Waals surface area contributed by atoms with Gasteiger partial charge in [0, 0.05) is 23.1 Å². The largest absolute Gasteiger partial charge is 0.464 e. The fourth-order valence-corrected chi connectivity index (χ4v) is 4.07. The van der Waals surface area contributed by atoms with Gasteiger partial charge in [0.25, 0.3) is 5.89 Å². The van der Waals surface area contributed by atoms with Gasteiger partial charge in [0.15, 0.2) is 6.10 Å². The first kappa shape index (κ1) is 20.5. The number of ether oxygens (including phenoxy) is 1. The average molecular weight is 431 g/mol. The standard InChI is InChI=1S/C25H25N3O4/c1-15-6-4-5-7-19(15)24-26-25(32-27-24)22-13-28(8-9-30-22)23(29)12-18-14-31-21-11-17(3)16(2)10-20(18)21/h4-7,10-11,14,22H,8-9,12-13H2,1-3H3/t22-/m0/s1. The summed E-state index contributed by atoms with van der Waals surface area (Å²) in [7, 11) is 0. The predicted molar refractivity (Wildman–Crippen MR) is 119 cm³/mol. The SMILES string of the molecule is Cc1cc2occ(CC(=O)N3CCO[C@H](c4nc(-c5ccccc5C)no4)C3)c2cc1C. The molecule has 1 atom stereocenters. The van der Waals surface area contributed by atoms with Gasteiger partial charge in [-0.25, -0.2) is 0 Å². The van der Waals surface area contributed by atoms with Crippen molar-refractivity contribution < 1.29 is 18.5 Å². The van der Waals surface area contributed by atoms with Gasteiger partial charge in [0.2, 0.25) is 11.7 Å². The molecular formula is C25H25N3O4. The Balaban J connectivity index is 1.31. The zero-order chi connectivity index (χ0) is 22.2. The van der Waals surface area contributed by atoms with E-state index in [0.29, 0.717) is 31.4 Å². The molecule has 1 aliphatic rings. The van der Waals surface area contributed by atoms with Crippen LogP contribution in [-0.2, 0) is 16.0 Å². The van der Waals surface area contributed by atoms with Crippen LogP contribution in [0.15, 0.2) is 51.6 Å². The molecule has 1 aliphatic heterocycles. The summed E-state index contributed by atoms with van der Waals surface area (Å²) in [6.45, 7) is 7.45. The van der Waals surface area contributed by atoms with E-state index in [1.165, 1.54) is 11.1 Å². The molecule has 164 valence electrons. The molecule has 0 saturated carbocycles. The molecule has 5 rings (SSSR count). The average Bonchev–Trinajstić information content (AvgIpc) is 3.43. The minimum absolute atomic E-state index is 0.0258. The Morgan fingerprint density at radius 1 is 1.12 bits per heavy atom. The number of aryl methyl sites for hydroxylation is 3. The lowest BCUT2D eigenvalue weighted by atomic mass is 10.0. The third-order valence-electron chi connectivity index (χ3n) is 6.13. The Morgan fingerprint density at radius 3 is 2.78 bits per heavy atom. The first-order valence-corrected chi connectivity index (χ1v) is 10.8. The summed E-state index contributed by atoms with van der Waals surface area (Å²) in [5.41, 5.74) is 6.05. The van der Waals surface area contributed by atoms with Crippen LogP contribution >= 0.6 is 0 Å². The van der Waals surface area contributed by atoms with E-state index in [-0.39, 0.29) is 12.3 Å². The van der Waals surface area contributed by atoms with Gasteiger partial charge in [-0.3, -0.25) is 4.79 Å². The van der Waals surface area contributed by atoms with Crippen LogP contribution < -0.4 is 0 Å². The van der Waals surface area contributed by atoms with Crippen LogP contribution in [0.5, 0.6) is 0 Å². The van der Waals surface area contributed by atoms with Crippen molar-refractivity contribution in [1.82, 2.24) is 15.0 Å². The number of furan rings is 1. The van der Waals surface area contributed by atoms with E-state index in [9.17, 15) is 4.79 Å². The molecule has 0 aliphatic carbocycles. The number of hydrogen-bond donors (Lipinski definition) is 0. The molecule has 0 spiro atoms. The van der Waals surface area contributed by atoms with E-state index < -0.39 is 6.10 Å². The van der Waals surface area contributed by atoms with E-state index in [1.54, 1.807) is 11.2 Å². The van der Waals surface area contributed by atoms with E-state index in [0.717, 1.165) is 27.7 Å². The summed E-state index contributed by atoms with van der Waals surface area (Å²) >= 11 is 0. The highest BCUT2D eigenvalue weighted by Gasteiger charge is 2.30.